The zero-order chi connectivity index (χ0) is 16.4. The molecule has 0 radical (unpaired) electrons. The van der Waals surface area contributed by atoms with Gasteiger partial charge in [0.2, 0.25) is 0 Å². The van der Waals surface area contributed by atoms with Crippen LogP contribution in [0.5, 0.6) is 11.5 Å². The van der Waals surface area contributed by atoms with Crippen LogP contribution in [0, 0.1) is 0 Å². The summed E-state index contributed by atoms with van der Waals surface area (Å²) >= 11 is 6.12. The average Bonchev–Trinajstić information content (AvgIpc) is 2.98. The molecule has 0 aliphatic carbocycles. The molecule has 7 nitrogen and oxygen atoms in total. The van der Waals surface area contributed by atoms with Gasteiger partial charge in [0, 0.05) is 18.8 Å². The van der Waals surface area contributed by atoms with Gasteiger partial charge >= 0.3 is 5.97 Å². The molecule has 2 heterocycles. The molecule has 0 saturated carbocycles. The standard InChI is InChI=1S/C15H15ClN2O5/c1-18-7-10(6-17-18)13(19)15(20)23-8-9-4-11(16)14-12(5-9)21-2-3-22-14/h4-7,13,19H,2-3,8H2,1H3/t13-/m0/s1. The molecule has 122 valence electrons. The Morgan fingerprint density at radius 3 is 3.00 bits per heavy atom. The van der Waals surface area contributed by atoms with Crippen molar-refractivity contribution in [2.45, 2.75) is 12.7 Å². The van der Waals surface area contributed by atoms with Gasteiger partial charge in [-0.25, -0.2) is 4.79 Å². The van der Waals surface area contributed by atoms with Crippen molar-refractivity contribution in [1.29, 1.82) is 0 Å². The lowest BCUT2D eigenvalue weighted by atomic mass is 10.2. The summed E-state index contributed by atoms with van der Waals surface area (Å²) in [7, 11) is 1.69. The van der Waals surface area contributed by atoms with Crippen LogP contribution in [0.25, 0.3) is 0 Å². The van der Waals surface area contributed by atoms with E-state index in [0.717, 1.165) is 0 Å². The van der Waals surface area contributed by atoms with Gasteiger partial charge in [-0.05, 0) is 17.7 Å². The largest absolute Gasteiger partial charge is 0.486 e. The predicted molar refractivity (Wildman–Crippen MR) is 80.4 cm³/mol. The van der Waals surface area contributed by atoms with E-state index in [4.69, 9.17) is 25.8 Å². The second kappa shape index (κ2) is 6.47. The van der Waals surface area contributed by atoms with Crippen LogP contribution >= 0.6 is 11.6 Å². The fourth-order valence-corrected chi connectivity index (χ4v) is 2.49. The zero-order valence-corrected chi connectivity index (χ0v) is 13.1. The summed E-state index contributed by atoms with van der Waals surface area (Å²) in [6.45, 7) is 0.844. The van der Waals surface area contributed by atoms with Gasteiger partial charge < -0.3 is 19.3 Å². The highest BCUT2D eigenvalue weighted by atomic mass is 35.5. The lowest BCUT2D eigenvalue weighted by Gasteiger charge is -2.20. The number of aromatic nitrogens is 2. The SMILES string of the molecule is Cn1cc([C@H](O)C(=O)OCc2cc(Cl)c3c(c2)OCCO3)cn1. The van der Waals surface area contributed by atoms with Gasteiger partial charge in [0.15, 0.2) is 17.6 Å². The van der Waals surface area contributed by atoms with Gasteiger partial charge in [0.1, 0.15) is 19.8 Å². The van der Waals surface area contributed by atoms with Crippen LogP contribution in [0.1, 0.15) is 17.2 Å². The highest BCUT2D eigenvalue weighted by Crippen LogP contribution is 2.38. The minimum absolute atomic E-state index is 0.0352. The first-order valence-electron chi connectivity index (χ1n) is 6.96. The summed E-state index contributed by atoms with van der Waals surface area (Å²) in [4.78, 5) is 11.9. The van der Waals surface area contributed by atoms with Crippen molar-refractivity contribution in [1.82, 2.24) is 9.78 Å². The van der Waals surface area contributed by atoms with Crippen LogP contribution in [-0.2, 0) is 23.2 Å². The Hall–Kier alpha value is -2.25. The van der Waals surface area contributed by atoms with Gasteiger partial charge in [-0.15, -0.1) is 0 Å². The lowest BCUT2D eigenvalue weighted by molar-refractivity contribution is -0.155. The third-order valence-corrected chi connectivity index (χ3v) is 3.58. The third-order valence-electron chi connectivity index (χ3n) is 3.30. The molecule has 1 aliphatic rings. The molecule has 1 N–H and O–H groups in total. The monoisotopic (exact) mass is 338 g/mol. The molecule has 1 aliphatic heterocycles. The molecule has 0 amide bonds. The first-order valence-corrected chi connectivity index (χ1v) is 7.33. The van der Waals surface area contributed by atoms with E-state index in [0.29, 0.717) is 40.9 Å². The van der Waals surface area contributed by atoms with Crippen LogP contribution in [0.3, 0.4) is 0 Å². The number of aliphatic hydroxyl groups is 1. The zero-order valence-electron chi connectivity index (χ0n) is 12.4. The number of benzene rings is 1. The van der Waals surface area contributed by atoms with Crippen molar-refractivity contribution in [3.05, 3.63) is 40.7 Å². The van der Waals surface area contributed by atoms with Crippen molar-refractivity contribution in [3.8, 4) is 11.5 Å². The van der Waals surface area contributed by atoms with Crippen LogP contribution in [0.4, 0.5) is 0 Å². The molecular formula is C15H15ClN2O5. The Morgan fingerprint density at radius 2 is 2.26 bits per heavy atom. The summed E-state index contributed by atoms with van der Waals surface area (Å²) in [5.74, 6) is 0.245. The van der Waals surface area contributed by atoms with Gasteiger partial charge in [0.05, 0.1) is 11.2 Å². The average molecular weight is 339 g/mol. The van der Waals surface area contributed by atoms with Crippen LogP contribution in [-0.4, -0.2) is 34.1 Å². The van der Waals surface area contributed by atoms with E-state index >= 15 is 0 Å². The van der Waals surface area contributed by atoms with Crippen LogP contribution < -0.4 is 9.47 Å². The Bertz CT molecular complexity index is 731. The summed E-state index contributed by atoms with van der Waals surface area (Å²) in [6.07, 6.45) is 1.58. The first-order chi connectivity index (χ1) is 11.0. The molecule has 3 rings (SSSR count). The fraction of sp³-hybridized carbons (Fsp3) is 0.333. The topological polar surface area (TPSA) is 82.8 Å². The lowest BCUT2D eigenvalue weighted by Crippen LogP contribution is -2.17. The molecule has 0 bridgehead atoms. The van der Waals surface area contributed by atoms with Crippen LogP contribution in [0.15, 0.2) is 24.5 Å². The minimum atomic E-state index is -1.38. The number of nitrogens with zero attached hydrogens (tertiary/aromatic N) is 2. The number of carbonyl (C=O) groups excluding carboxylic acids is 1. The second-order valence-corrected chi connectivity index (χ2v) is 5.47. The number of carbonyl (C=O) groups is 1. The van der Waals surface area contributed by atoms with Crippen molar-refractivity contribution in [2.75, 3.05) is 13.2 Å². The number of esters is 1. The molecule has 23 heavy (non-hydrogen) atoms. The van der Waals surface area contributed by atoms with Crippen LogP contribution in [0.2, 0.25) is 5.02 Å². The van der Waals surface area contributed by atoms with Gasteiger partial charge in [-0.3, -0.25) is 4.68 Å². The molecule has 0 fully saturated rings. The number of rotatable bonds is 4. The highest BCUT2D eigenvalue weighted by molar-refractivity contribution is 6.32. The highest BCUT2D eigenvalue weighted by Gasteiger charge is 2.22. The number of ether oxygens (including phenoxy) is 3. The van der Waals surface area contributed by atoms with E-state index in [1.165, 1.54) is 10.9 Å². The molecule has 2 aromatic rings. The van der Waals surface area contributed by atoms with Gasteiger partial charge in [0.25, 0.3) is 0 Å². The number of fused-ring (bicyclic) bond motifs is 1. The molecule has 1 atom stereocenters. The maximum absolute atomic E-state index is 11.9. The Morgan fingerprint density at radius 1 is 1.48 bits per heavy atom. The third kappa shape index (κ3) is 3.40. The quantitative estimate of drug-likeness (QED) is 0.853. The summed E-state index contributed by atoms with van der Waals surface area (Å²) in [5, 5.41) is 14.2. The van der Waals surface area contributed by atoms with Crippen molar-refractivity contribution >= 4 is 17.6 Å². The second-order valence-electron chi connectivity index (χ2n) is 5.06. The number of hydrogen-bond acceptors (Lipinski definition) is 6. The summed E-state index contributed by atoms with van der Waals surface area (Å²) in [5.41, 5.74) is 1.02. The Kier molecular flexibility index (Phi) is 4.40. The van der Waals surface area contributed by atoms with E-state index in [2.05, 4.69) is 5.10 Å². The maximum Gasteiger partial charge on any atom is 0.340 e. The van der Waals surface area contributed by atoms with E-state index in [1.807, 2.05) is 0 Å². The minimum Gasteiger partial charge on any atom is -0.486 e. The van der Waals surface area contributed by atoms with Gasteiger partial charge in [-0.2, -0.15) is 5.10 Å². The molecule has 0 unspecified atom stereocenters. The van der Waals surface area contributed by atoms with E-state index in [9.17, 15) is 9.90 Å². The van der Waals surface area contributed by atoms with E-state index in [1.54, 1.807) is 25.4 Å². The maximum atomic E-state index is 11.9. The van der Waals surface area contributed by atoms with Crippen molar-refractivity contribution in [3.63, 3.8) is 0 Å². The van der Waals surface area contributed by atoms with E-state index in [-0.39, 0.29) is 6.61 Å². The molecule has 0 spiro atoms. The molecule has 1 aromatic carbocycles. The Balaban J connectivity index is 1.66. The normalized spacial score (nSPS) is 14.4. The number of aryl methyl sites for hydroxylation is 1. The Labute approximate surface area is 137 Å². The molecule has 8 heteroatoms. The van der Waals surface area contributed by atoms with Gasteiger partial charge in [-0.1, -0.05) is 11.6 Å². The van der Waals surface area contributed by atoms with E-state index < -0.39 is 12.1 Å². The number of halogens is 1. The first kappa shape index (κ1) is 15.6. The summed E-state index contributed by atoms with van der Waals surface area (Å²) in [6, 6.07) is 3.34. The summed E-state index contributed by atoms with van der Waals surface area (Å²) < 4.78 is 17.5. The molecule has 1 aromatic heterocycles. The molecular weight excluding hydrogens is 324 g/mol. The smallest absolute Gasteiger partial charge is 0.340 e. The predicted octanol–water partition coefficient (Wildman–Crippen LogP) is 1.62. The van der Waals surface area contributed by atoms with Crippen molar-refractivity contribution in [2.24, 2.45) is 7.05 Å². The molecule has 0 saturated heterocycles. The fourth-order valence-electron chi connectivity index (χ4n) is 2.20. The number of hydrogen-bond donors (Lipinski definition) is 1. The van der Waals surface area contributed by atoms with Crippen molar-refractivity contribution < 1.29 is 24.1 Å². The number of aliphatic hydroxyl groups excluding tert-OH is 1.